The number of fused-ring (bicyclic) bond motifs is 1. The highest BCUT2D eigenvalue weighted by Gasteiger charge is 2.06. The van der Waals surface area contributed by atoms with Gasteiger partial charge in [0.15, 0.2) is 0 Å². The summed E-state index contributed by atoms with van der Waals surface area (Å²) >= 11 is 1.70. The van der Waals surface area contributed by atoms with Crippen LogP contribution in [0.25, 0.3) is 10.2 Å². The van der Waals surface area contributed by atoms with Crippen LogP contribution in [0.15, 0.2) is 17.6 Å². The van der Waals surface area contributed by atoms with Crippen molar-refractivity contribution in [3.05, 3.63) is 17.6 Å². The second-order valence-electron chi connectivity index (χ2n) is 3.38. The summed E-state index contributed by atoms with van der Waals surface area (Å²) in [6, 6.07) is 2.46. The van der Waals surface area contributed by atoms with E-state index in [2.05, 4.69) is 24.7 Å². The van der Waals surface area contributed by atoms with Crippen LogP contribution in [0.3, 0.4) is 0 Å². The van der Waals surface area contributed by atoms with Gasteiger partial charge in [-0.2, -0.15) is 0 Å². The molecule has 2 aromatic rings. The van der Waals surface area contributed by atoms with Gasteiger partial charge in [0.1, 0.15) is 4.83 Å². The molecule has 4 heteroatoms. The number of rotatable bonds is 2. The van der Waals surface area contributed by atoms with Crippen molar-refractivity contribution in [3.63, 3.8) is 0 Å². The number of nitrogens with two attached hydrogens (primary N) is 1. The van der Waals surface area contributed by atoms with Crippen LogP contribution in [-0.2, 0) is 0 Å². The van der Waals surface area contributed by atoms with Crippen LogP contribution >= 0.6 is 11.3 Å². The Hall–Kier alpha value is -1.16. The molecule has 3 nitrogen and oxygen atoms in total. The second-order valence-corrected chi connectivity index (χ2v) is 4.27. The van der Waals surface area contributed by atoms with Gasteiger partial charge in [-0.3, -0.25) is 4.68 Å². The molecule has 2 heterocycles. The van der Waals surface area contributed by atoms with Crippen LogP contribution in [0.5, 0.6) is 0 Å². The normalized spacial score (nSPS) is 11.3. The molecule has 0 saturated heterocycles. The number of anilines is 1. The fraction of sp³-hybridized carbons (Fsp3) is 0.333. The molecular weight excluding hydrogens is 182 g/mol. The molecule has 0 atom stereocenters. The van der Waals surface area contributed by atoms with E-state index in [-0.39, 0.29) is 0 Å². The Balaban J connectivity index is 2.49. The first kappa shape index (κ1) is 8.44. The van der Waals surface area contributed by atoms with Gasteiger partial charge in [-0.15, -0.1) is 11.3 Å². The zero-order chi connectivity index (χ0) is 9.42. The minimum atomic E-state index is 0.414. The molecule has 0 spiro atoms. The van der Waals surface area contributed by atoms with E-state index < -0.39 is 0 Å². The first-order chi connectivity index (χ1) is 6.18. The smallest absolute Gasteiger partial charge is 0.124 e. The molecule has 0 amide bonds. The van der Waals surface area contributed by atoms with E-state index in [9.17, 15) is 0 Å². The second kappa shape index (κ2) is 2.96. The largest absolute Gasteiger partial charge is 0.397 e. The quantitative estimate of drug-likeness (QED) is 0.771. The van der Waals surface area contributed by atoms with Crippen LogP contribution in [0.4, 0.5) is 5.69 Å². The fourth-order valence-electron chi connectivity index (χ4n) is 1.35. The zero-order valence-electron chi connectivity index (χ0n) is 7.74. The monoisotopic (exact) mass is 195 g/mol. The van der Waals surface area contributed by atoms with E-state index in [1.165, 1.54) is 4.83 Å². The van der Waals surface area contributed by atoms with Gasteiger partial charge >= 0.3 is 0 Å². The summed E-state index contributed by atoms with van der Waals surface area (Å²) in [5.41, 5.74) is 9.98. The Bertz CT molecular complexity index is 413. The highest BCUT2D eigenvalue weighted by molar-refractivity contribution is 7.16. The number of thiophene rings is 1. The molecule has 0 aliphatic rings. The van der Waals surface area contributed by atoms with Gasteiger partial charge in [0, 0.05) is 11.4 Å². The summed E-state index contributed by atoms with van der Waals surface area (Å²) < 4.78 is 2.00. The first-order valence-electron chi connectivity index (χ1n) is 4.29. The van der Waals surface area contributed by atoms with Gasteiger partial charge in [-0.25, -0.2) is 0 Å². The Kier molecular flexibility index (Phi) is 1.92. The number of hydrogen-bond donors (Lipinski definition) is 2. The SMILES string of the molecule is CC(C)Nn1cc(N)c2ccsc21. The van der Waals surface area contributed by atoms with Crippen LogP contribution in [0.2, 0.25) is 0 Å². The standard InChI is InChI=1S/C9H13N3S/c1-6(2)11-12-5-8(10)7-3-4-13-9(7)12/h3-6,11H,10H2,1-2H3. The molecule has 2 rings (SSSR count). The van der Waals surface area contributed by atoms with Crippen molar-refractivity contribution in [2.75, 3.05) is 11.2 Å². The van der Waals surface area contributed by atoms with Crippen molar-refractivity contribution in [1.29, 1.82) is 0 Å². The van der Waals surface area contributed by atoms with Crippen LogP contribution in [0.1, 0.15) is 13.8 Å². The highest BCUT2D eigenvalue weighted by Crippen LogP contribution is 2.27. The summed E-state index contributed by atoms with van der Waals surface area (Å²) in [6.45, 7) is 4.21. The van der Waals surface area contributed by atoms with Gasteiger partial charge < -0.3 is 11.2 Å². The summed E-state index contributed by atoms with van der Waals surface area (Å²) in [4.78, 5) is 1.19. The zero-order valence-corrected chi connectivity index (χ0v) is 8.56. The van der Waals surface area contributed by atoms with Gasteiger partial charge in [0.25, 0.3) is 0 Å². The number of nitrogens with one attached hydrogen (secondary N) is 1. The molecule has 0 fully saturated rings. The van der Waals surface area contributed by atoms with Gasteiger partial charge in [-0.05, 0) is 25.3 Å². The van der Waals surface area contributed by atoms with E-state index in [4.69, 9.17) is 5.73 Å². The van der Waals surface area contributed by atoms with Crippen molar-refractivity contribution in [2.45, 2.75) is 19.9 Å². The number of nitrogen functional groups attached to an aromatic ring is 1. The molecule has 0 aliphatic heterocycles. The maximum absolute atomic E-state index is 5.84. The number of nitrogens with zero attached hydrogens (tertiary/aromatic N) is 1. The third kappa shape index (κ3) is 1.37. The fourth-order valence-corrected chi connectivity index (χ4v) is 2.21. The van der Waals surface area contributed by atoms with Gasteiger partial charge in [-0.1, -0.05) is 0 Å². The lowest BCUT2D eigenvalue weighted by molar-refractivity contribution is 0.758. The number of aromatic nitrogens is 1. The minimum Gasteiger partial charge on any atom is -0.397 e. The molecule has 0 radical (unpaired) electrons. The molecule has 0 unspecified atom stereocenters. The van der Waals surface area contributed by atoms with E-state index >= 15 is 0 Å². The minimum absolute atomic E-state index is 0.414. The highest BCUT2D eigenvalue weighted by atomic mass is 32.1. The van der Waals surface area contributed by atoms with Crippen molar-refractivity contribution < 1.29 is 0 Å². The number of hydrogen-bond acceptors (Lipinski definition) is 3. The Morgan fingerprint density at radius 1 is 1.54 bits per heavy atom. The Labute approximate surface area is 81.1 Å². The van der Waals surface area contributed by atoms with E-state index in [1.54, 1.807) is 11.3 Å². The van der Waals surface area contributed by atoms with E-state index in [1.807, 2.05) is 16.9 Å². The molecule has 0 saturated carbocycles. The first-order valence-corrected chi connectivity index (χ1v) is 5.17. The molecule has 0 aliphatic carbocycles. The lowest BCUT2D eigenvalue weighted by Crippen LogP contribution is -2.20. The summed E-state index contributed by atoms with van der Waals surface area (Å²) in [5.74, 6) is 0. The maximum atomic E-state index is 5.84. The Morgan fingerprint density at radius 2 is 2.31 bits per heavy atom. The van der Waals surface area contributed by atoms with E-state index in [0.717, 1.165) is 11.1 Å². The molecule has 0 aromatic carbocycles. The van der Waals surface area contributed by atoms with Crippen LogP contribution in [-0.4, -0.2) is 10.7 Å². The summed E-state index contributed by atoms with van der Waals surface area (Å²) in [7, 11) is 0. The lowest BCUT2D eigenvalue weighted by atomic mass is 10.4. The molecular formula is C9H13N3S. The summed E-state index contributed by atoms with van der Waals surface area (Å²) in [5, 5.41) is 3.19. The Morgan fingerprint density at radius 3 is 3.00 bits per heavy atom. The third-order valence-electron chi connectivity index (χ3n) is 1.84. The predicted octanol–water partition coefficient (Wildman–Crippen LogP) is 2.24. The van der Waals surface area contributed by atoms with Crippen molar-refractivity contribution >= 4 is 27.2 Å². The summed E-state index contributed by atoms with van der Waals surface area (Å²) in [6.07, 6.45) is 1.93. The molecule has 2 aromatic heterocycles. The average molecular weight is 195 g/mol. The van der Waals surface area contributed by atoms with E-state index in [0.29, 0.717) is 6.04 Å². The van der Waals surface area contributed by atoms with Crippen LogP contribution < -0.4 is 11.2 Å². The van der Waals surface area contributed by atoms with Crippen molar-refractivity contribution in [3.8, 4) is 0 Å². The molecule has 13 heavy (non-hydrogen) atoms. The van der Waals surface area contributed by atoms with Crippen LogP contribution in [0, 0.1) is 0 Å². The predicted molar refractivity (Wildman–Crippen MR) is 58.7 cm³/mol. The average Bonchev–Trinajstić information content (AvgIpc) is 2.56. The third-order valence-corrected chi connectivity index (χ3v) is 2.75. The topological polar surface area (TPSA) is 43.0 Å². The maximum Gasteiger partial charge on any atom is 0.124 e. The van der Waals surface area contributed by atoms with Gasteiger partial charge in [0.2, 0.25) is 0 Å². The van der Waals surface area contributed by atoms with Crippen molar-refractivity contribution in [2.24, 2.45) is 0 Å². The van der Waals surface area contributed by atoms with Crippen molar-refractivity contribution in [1.82, 2.24) is 4.68 Å². The molecule has 0 bridgehead atoms. The molecule has 70 valence electrons. The van der Waals surface area contributed by atoms with Gasteiger partial charge in [0.05, 0.1) is 11.9 Å². The lowest BCUT2D eigenvalue weighted by Gasteiger charge is -2.10. The molecule has 3 N–H and O–H groups in total.